The summed E-state index contributed by atoms with van der Waals surface area (Å²) in [5, 5.41) is 1.86. The van der Waals surface area contributed by atoms with Crippen molar-refractivity contribution in [2.24, 2.45) is 13.0 Å². The first-order chi connectivity index (χ1) is 14.2. The summed E-state index contributed by atoms with van der Waals surface area (Å²) in [6, 6.07) is 22.3. The standard InChI is InChI=1S/C24H20N2O2S/c1-26-15-14-25-24(26)20(17-9-4-2-5-10-17)21(23(28)19-13-8-16-29-19)22(27)18-11-6-3-7-12-18/h2-16,20-21H,1H3. The van der Waals surface area contributed by atoms with Crippen LogP contribution in [0.1, 0.15) is 37.3 Å². The molecule has 2 heterocycles. The van der Waals surface area contributed by atoms with Gasteiger partial charge >= 0.3 is 0 Å². The lowest BCUT2D eigenvalue weighted by atomic mass is 9.77. The van der Waals surface area contributed by atoms with Crippen molar-refractivity contribution in [1.29, 1.82) is 0 Å². The van der Waals surface area contributed by atoms with E-state index in [1.807, 2.05) is 77.8 Å². The molecule has 4 rings (SSSR count). The highest BCUT2D eigenvalue weighted by Crippen LogP contribution is 2.36. The van der Waals surface area contributed by atoms with E-state index in [2.05, 4.69) is 4.98 Å². The summed E-state index contributed by atoms with van der Waals surface area (Å²) in [5.41, 5.74) is 1.42. The molecular weight excluding hydrogens is 380 g/mol. The molecule has 4 nitrogen and oxygen atoms in total. The van der Waals surface area contributed by atoms with E-state index in [-0.39, 0.29) is 11.6 Å². The van der Waals surface area contributed by atoms with Gasteiger partial charge in [0.1, 0.15) is 11.7 Å². The third kappa shape index (κ3) is 3.82. The molecule has 0 fully saturated rings. The molecule has 5 heteroatoms. The van der Waals surface area contributed by atoms with Gasteiger partial charge in [0.05, 0.1) is 10.8 Å². The van der Waals surface area contributed by atoms with Gasteiger partial charge in [-0.3, -0.25) is 9.59 Å². The average Bonchev–Trinajstić information content (AvgIpc) is 3.44. The Balaban J connectivity index is 1.90. The van der Waals surface area contributed by atoms with Crippen molar-refractivity contribution < 1.29 is 9.59 Å². The third-order valence-corrected chi connectivity index (χ3v) is 5.90. The summed E-state index contributed by atoms with van der Waals surface area (Å²) in [6.07, 6.45) is 3.54. The molecule has 0 N–H and O–H groups in total. The Bertz CT molecular complexity index is 1100. The highest BCUT2D eigenvalue weighted by molar-refractivity contribution is 7.12. The molecule has 0 saturated heterocycles. The van der Waals surface area contributed by atoms with E-state index in [1.165, 1.54) is 11.3 Å². The number of Topliss-reactive ketones (excluding diaryl/α,β-unsaturated/α-hetero) is 2. The van der Waals surface area contributed by atoms with Gasteiger partial charge in [-0.1, -0.05) is 66.7 Å². The lowest BCUT2D eigenvalue weighted by Crippen LogP contribution is -2.32. The zero-order valence-corrected chi connectivity index (χ0v) is 16.8. The fraction of sp³-hybridized carbons (Fsp3) is 0.125. The summed E-state index contributed by atoms with van der Waals surface area (Å²) in [7, 11) is 1.89. The van der Waals surface area contributed by atoms with Crippen molar-refractivity contribution in [3.8, 4) is 0 Å². The fourth-order valence-corrected chi connectivity index (χ4v) is 4.31. The van der Waals surface area contributed by atoms with Crippen LogP contribution >= 0.6 is 11.3 Å². The van der Waals surface area contributed by atoms with Gasteiger partial charge < -0.3 is 4.57 Å². The Kier molecular flexibility index (Phi) is 5.49. The summed E-state index contributed by atoms with van der Waals surface area (Å²) in [4.78, 5) is 32.3. The van der Waals surface area contributed by atoms with Crippen molar-refractivity contribution in [3.63, 3.8) is 0 Å². The maximum absolute atomic E-state index is 13.6. The maximum atomic E-state index is 13.6. The van der Waals surface area contributed by atoms with E-state index in [4.69, 9.17) is 0 Å². The highest BCUT2D eigenvalue weighted by Gasteiger charge is 2.39. The van der Waals surface area contributed by atoms with Gasteiger partial charge in [-0.15, -0.1) is 11.3 Å². The van der Waals surface area contributed by atoms with Crippen molar-refractivity contribution in [2.45, 2.75) is 5.92 Å². The van der Waals surface area contributed by atoms with Crippen molar-refractivity contribution in [1.82, 2.24) is 9.55 Å². The number of aromatic nitrogens is 2. The minimum Gasteiger partial charge on any atom is -0.337 e. The molecule has 0 saturated carbocycles. The molecule has 0 spiro atoms. The normalized spacial score (nSPS) is 13.0. The zero-order chi connectivity index (χ0) is 20.2. The van der Waals surface area contributed by atoms with Crippen LogP contribution in [0.4, 0.5) is 0 Å². The zero-order valence-electron chi connectivity index (χ0n) is 15.9. The molecule has 29 heavy (non-hydrogen) atoms. The van der Waals surface area contributed by atoms with Crippen molar-refractivity contribution in [3.05, 3.63) is 112 Å². The first-order valence-corrected chi connectivity index (χ1v) is 10.2. The minimum atomic E-state index is -0.903. The lowest BCUT2D eigenvalue weighted by Gasteiger charge is -2.25. The monoisotopic (exact) mass is 400 g/mol. The van der Waals surface area contributed by atoms with E-state index in [1.54, 1.807) is 24.4 Å². The summed E-state index contributed by atoms with van der Waals surface area (Å²) in [5.74, 6) is -1.07. The number of ketones is 2. The Morgan fingerprint density at radius 3 is 2.17 bits per heavy atom. The Labute approximate surface area is 173 Å². The molecule has 4 aromatic rings. The molecule has 2 aromatic carbocycles. The number of carbonyl (C=O) groups excluding carboxylic acids is 2. The Morgan fingerprint density at radius 1 is 0.897 bits per heavy atom. The molecule has 2 aromatic heterocycles. The number of benzene rings is 2. The largest absolute Gasteiger partial charge is 0.337 e. The van der Waals surface area contributed by atoms with E-state index in [0.717, 1.165) is 5.56 Å². The molecule has 0 radical (unpaired) electrons. The highest BCUT2D eigenvalue weighted by atomic mass is 32.1. The van der Waals surface area contributed by atoms with Crippen LogP contribution in [0.3, 0.4) is 0 Å². The van der Waals surface area contributed by atoms with Crippen LogP contribution in [0.25, 0.3) is 0 Å². The molecule has 144 valence electrons. The molecule has 0 aliphatic heterocycles. The van der Waals surface area contributed by atoms with Crippen LogP contribution in [0.15, 0.2) is 90.6 Å². The second-order valence-electron chi connectivity index (χ2n) is 6.83. The Morgan fingerprint density at radius 2 is 1.59 bits per heavy atom. The van der Waals surface area contributed by atoms with E-state index in [9.17, 15) is 9.59 Å². The molecule has 2 unspecified atom stereocenters. The SMILES string of the molecule is Cn1ccnc1C(c1ccccc1)C(C(=O)c1ccccc1)C(=O)c1cccs1. The molecule has 0 aliphatic carbocycles. The topological polar surface area (TPSA) is 52.0 Å². The smallest absolute Gasteiger partial charge is 0.184 e. The lowest BCUT2D eigenvalue weighted by molar-refractivity contribution is 0.0792. The average molecular weight is 401 g/mol. The van der Waals surface area contributed by atoms with Gasteiger partial charge in [-0.05, 0) is 17.0 Å². The third-order valence-electron chi connectivity index (χ3n) is 5.02. The Hall–Kier alpha value is -3.31. The van der Waals surface area contributed by atoms with Gasteiger partial charge in [0.15, 0.2) is 11.6 Å². The van der Waals surface area contributed by atoms with Crippen LogP contribution in [-0.4, -0.2) is 21.1 Å². The number of nitrogens with zero attached hydrogens (tertiary/aromatic N) is 2. The van der Waals surface area contributed by atoms with Crippen molar-refractivity contribution in [2.75, 3.05) is 0 Å². The number of hydrogen-bond donors (Lipinski definition) is 0. The number of imidazole rings is 1. The van der Waals surface area contributed by atoms with Gasteiger partial charge in [-0.25, -0.2) is 4.98 Å². The number of hydrogen-bond acceptors (Lipinski definition) is 4. The van der Waals surface area contributed by atoms with Crippen LogP contribution in [0.5, 0.6) is 0 Å². The maximum Gasteiger partial charge on any atom is 0.184 e. The van der Waals surface area contributed by atoms with Crippen molar-refractivity contribution >= 4 is 22.9 Å². The molecule has 0 amide bonds. The first kappa shape index (κ1) is 19.0. The predicted octanol–water partition coefficient (Wildman–Crippen LogP) is 5.00. The summed E-state index contributed by atoms with van der Waals surface area (Å²) >= 11 is 1.36. The predicted molar refractivity (Wildman–Crippen MR) is 114 cm³/mol. The molecule has 2 atom stereocenters. The summed E-state index contributed by atoms with van der Waals surface area (Å²) < 4.78 is 1.88. The number of aryl methyl sites for hydroxylation is 1. The van der Waals surface area contributed by atoms with E-state index in [0.29, 0.717) is 16.3 Å². The van der Waals surface area contributed by atoms with Gasteiger partial charge in [-0.2, -0.15) is 0 Å². The second kappa shape index (κ2) is 8.37. The molecular formula is C24H20N2O2S. The number of thiophene rings is 1. The molecule has 0 aliphatic rings. The summed E-state index contributed by atoms with van der Waals surface area (Å²) in [6.45, 7) is 0. The first-order valence-electron chi connectivity index (χ1n) is 9.36. The fourth-order valence-electron chi connectivity index (χ4n) is 3.60. The van der Waals surface area contributed by atoms with Gasteiger partial charge in [0, 0.05) is 25.0 Å². The van der Waals surface area contributed by atoms with Gasteiger partial charge in [0.25, 0.3) is 0 Å². The van der Waals surface area contributed by atoms with Crippen LogP contribution < -0.4 is 0 Å². The van der Waals surface area contributed by atoms with Crippen LogP contribution in [-0.2, 0) is 7.05 Å². The quantitative estimate of drug-likeness (QED) is 0.324. The minimum absolute atomic E-state index is 0.175. The van der Waals surface area contributed by atoms with Crippen LogP contribution in [0, 0.1) is 5.92 Å². The van der Waals surface area contributed by atoms with Gasteiger partial charge in [0.2, 0.25) is 0 Å². The number of rotatable bonds is 7. The van der Waals surface area contributed by atoms with E-state index < -0.39 is 11.8 Å². The number of carbonyl (C=O) groups is 2. The van der Waals surface area contributed by atoms with E-state index >= 15 is 0 Å². The molecule has 0 bridgehead atoms. The second-order valence-corrected chi connectivity index (χ2v) is 7.78. The van der Waals surface area contributed by atoms with Crippen LogP contribution in [0.2, 0.25) is 0 Å².